The van der Waals surface area contributed by atoms with Crippen LogP contribution in [0.4, 0.5) is 5.82 Å². The zero-order chi connectivity index (χ0) is 14.7. The van der Waals surface area contributed by atoms with Crippen LogP contribution in [0.15, 0.2) is 29.0 Å². The number of rotatable bonds is 6. The van der Waals surface area contributed by atoms with Crippen molar-refractivity contribution in [2.45, 2.75) is 25.9 Å². The number of aromatic nitrogens is 3. The standard InChI is InChI=1S/C13H15N5O3/c19-12(14-6-10-2-1-5-21-10)8-18-7-11(16-17-18)15-13(20)9-3-4-9/h1-2,5,7,9H,3-4,6,8H2,(H,14,19)(H,15,20). The van der Waals surface area contributed by atoms with Crippen molar-refractivity contribution < 1.29 is 14.0 Å². The van der Waals surface area contributed by atoms with Crippen LogP contribution >= 0.6 is 0 Å². The molecule has 2 N–H and O–H groups in total. The average Bonchev–Trinajstić information content (AvgIpc) is 3.02. The van der Waals surface area contributed by atoms with Gasteiger partial charge >= 0.3 is 0 Å². The third kappa shape index (κ3) is 3.68. The third-order valence-corrected chi connectivity index (χ3v) is 3.08. The molecule has 2 amide bonds. The van der Waals surface area contributed by atoms with E-state index in [1.165, 1.54) is 10.9 Å². The van der Waals surface area contributed by atoms with Gasteiger partial charge in [-0.25, -0.2) is 4.68 Å². The van der Waals surface area contributed by atoms with Gasteiger partial charge in [-0.1, -0.05) is 5.21 Å². The lowest BCUT2D eigenvalue weighted by molar-refractivity contribution is -0.122. The van der Waals surface area contributed by atoms with E-state index in [4.69, 9.17) is 4.42 Å². The first kappa shape index (κ1) is 13.3. The minimum atomic E-state index is -0.212. The molecule has 1 aliphatic rings. The summed E-state index contributed by atoms with van der Waals surface area (Å²) in [5.74, 6) is 0.900. The molecule has 1 aliphatic carbocycles. The molecule has 0 atom stereocenters. The number of anilines is 1. The Hall–Kier alpha value is -2.64. The second-order valence-corrected chi connectivity index (χ2v) is 4.92. The van der Waals surface area contributed by atoms with Gasteiger partial charge in [-0.2, -0.15) is 0 Å². The molecule has 2 aromatic heterocycles. The molecule has 0 bridgehead atoms. The molecule has 1 saturated carbocycles. The Morgan fingerprint density at radius 3 is 3.00 bits per heavy atom. The number of carbonyl (C=O) groups is 2. The molecule has 0 saturated heterocycles. The van der Waals surface area contributed by atoms with Crippen molar-refractivity contribution in [1.29, 1.82) is 0 Å². The molecule has 0 spiro atoms. The van der Waals surface area contributed by atoms with Gasteiger partial charge in [-0.3, -0.25) is 9.59 Å². The number of amides is 2. The quantitative estimate of drug-likeness (QED) is 0.808. The predicted molar refractivity (Wildman–Crippen MR) is 71.9 cm³/mol. The normalized spacial score (nSPS) is 13.9. The molecule has 2 heterocycles. The largest absolute Gasteiger partial charge is 0.467 e. The zero-order valence-electron chi connectivity index (χ0n) is 11.3. The maximum absolute atomic E-state index is 11.7. The molecule has 1 fully saturated rings. The molecule has 0 unspecified atom stereocenters. The van der Waals surface area contributed by atoms with E-state index >= 15 is 0 Å². The smallest absolute Gasteiger partial charge is 0.242 e. The van der Waals surface area contributed by atoms with Crippen LogP contribution in [0.1, 0.15) is 18.6 Å². The van der Waals surface area contributed by atoms with Crippen molar-refractivity contribution in [3.63, 3.8) is 0 Å². The topological polar surface area (TPSA) is 102 Å². The van der Waals surface area contributed by atoms with Crippen molar-refractivity contribution in [2.24, 2.45) is 5.92 Å². The van der Waals surface area contributed by atoms with Gasteiger partial charge in [0.2, 0.25) is 11.8 Å². The van der Waals surface area contributed by atoms with Crippen LogP contribution in [0.3, 0.4) is 0 Å². The Kier molecular flexibility index (Phi) is 3.67. The summed E-state index contributed by atoms with van der Waals surface area (Å²) in [4.78, 5) is 23.3. The molecule has 110 valence electrons. The lowest BCUT2D eigenvalue weighted by Gasteiger charge is -2.02. The highest BCUT2D eigenvalue weighted by Gasteiger charge is 2.30. The van der Waals surface area contributed by atoms with Crippen LogP contribution in [0.2, 0.25) is 0 Å². The Bertz CT molecular complexity index is 630. The molecule has 2 aromatic rings. The molecular weight excluding hydrogens is 274 g/mol. The van der Waals surface area contributed by atoms with E-state index in [-0.39, 0.29) is 24.3 Å². The summed E-state index contributed by atoms with van der Waals surface area (Å²) in [6.45, 7) is 0.360. The Morgan fingerprint density at radius 2 is 2.29 bits per heavy atom. The number of nitrogens with zero attached hydrogens (tertiary/aromatic N) is 3. The lowest BCUT2D eigenvalue weighted by atomic mass is 10.4. The average molecular weight is 289 g/mol. The number of furan rings is 1. The first-order chi connectivity index (χ1) is 10.2. The Morgan fingerprint density at radius 1 is 1.43 bits per heavy atom. The summed E-state index contributed by atoms with van der Waals surface area (Å²) in [6.07, 6.45) is 4.94. The molecule has 0 radical (unpaired) electrons. The van der Waals surface area contributed by atoms with Crippen molar-refractivity contribution in [1.82, 2.24) is 20.3 Å². The number of hydrogen-bond acceptors (Lipinski definition) is 5. The van der Waals surface area contributed by atoms with Gasteiger partial charge in [-0.05, 0) is 25.0 Å². The molecule has 0 aromatic carbocycles. The zero-order valence-corrected chi connectivity index (χ0v) is 11.3. The van der Waals surface area contributed by atoms with Gasteiger partial charge in [0.15, 0.2) is 5.82 Å². The molecule has 8 nitrogen and oxygen atoms in total. The molecule has 3 rings (SSSR count). The monoisotopic (exact) mass is 289 g/mol. The van der Waals surface area contributed by atoms with Crippen molar-refractivity contribution >= 4 is 17.6 Å². The van der Waals surface area contributed by atoms with Crippen LogP contribution < -0.4 is 10.6 Å². The van der Waals surface area contributed by atoms with E-state index in [1.807, 2.05) is 0 Å². The molecule has 8 heteroatoms. The lowest BCUT2D eigenvalue weighted by Crippen LogP contribution is -2.27. The first-order valence-electron chi connectivity index (χ1n) is 6.71. The van der Waals surface area contributed by atoms with Crippen LogP contribution in [0.25, 0.3) is 0 Å². The van der Waals surface area contributed by atoms with Gasteiger partial charge in [0.25, 0.3) is 0 Å². The summed E-state index contributed by atoms with van der Waals surface area (Å²) < 4.78 is 6.49. The summed E-state index contributed by atoms with van der Waals surface area (Å²) in [6, 6.07) is 3.54. The molecular formula is C13H15N5O3. The Labute approximate surface area is 120 Å². The van der Waals surface area contributed by atoms with Crippen LogP contribution in [0.5, 0.6) is 0 Å². The van der Waals surface area contributed by atoms with E-state index in [1.54, 1.807) is 18.4 Å². The van der Waals surface area contributed by atoms with Crippen molar-refractivity contribution in [2.75, 3.05) is 5.32 Å². The highest BCUT2D eigenvalue weighted by atomic mass is 16.3. The summed E-state index contributed by atoms with van der Waals surface area (Å²) >= 11 is 0. The minimum Gasteiger partial charge on any atom is -0.467 e. The van der Waals surface area contributed by atoms with Gasteiger partial charge < -0.3 is 15.1 Å². The number of hydrogen-bond donors (Lipinski definition) is 2. The molecule has 0 aliphatic heterocycles. The van der Waals surface area contributed by atoms with Crippen molar-refractivity contribution in [3.8, 4) is 0 Å². The van der Waals surface area contributed by atoms with Crippen LogP contribution in [-0.4, -0.2) is 26.8 Å². The van der Waals surface area contributed by atoms with E-state index in [0.717, 1.165) is 12.8 Å². The molecule has 21 heavy (non-hydrogen) atoms. The number of nitrogens with one attached hydrogen (secondary N) is 2. The number of carbonyl (C=O) groups excluding carboxylic acids is 2. The van der Waals surface area contributed by atoms with Crippen LogP contribution in [-0.2, 0) is 22.7 Å². The third-order valence-electron chi connectivity index (χ3n) is 3.08. The predicted octanol–water partition coefficient (Wildman–Crippen LogP) is 0.536. The van der Waals surface area contributed by atoms with E-state index in [0.29, 0.717) is 18.1 Å². The maximum Gasteiger partial charge on any atom is 0.242 e. The summed E-state index contributed by atoms with van der Waals surface area (Å²) in [7, 11) is 0. The SMILES string of the molecule is O=C(Cn1cc(NC(=O)C2CC2)nn1)NCc1ccco1. The van der Waals surface area contributed by atoms with Gasteiger partial charge in [-0.15, -0.1) is 5.10 Å². The minimum absolute atomic E-state index is 0.0347. The Balaban J connectivity index is 1.47. The fourth-order valence-corrected chi connectivity index (χ4v) is 1.81. The van der Waals surface area contributed by atoms with Gasteiger partial charge in [0.1, 0.15) is 12.3 Å². The van der Waals surface area contributed by atoms with Gasteiger partial charge in [0.05, 0.1) is 19.0 Å². The maximum atomic E-state index is 11.7. The van der Waals surface area contributed by atoms with Crippen molar-refractivity contribution in [3.05, 3.63) is 30.4 Å². The van der Waals surface area contributed by atoms with Crippen LogP contribution in [0, 0.1) is 5.92 Å². The highest BCUT2D eigenvalue weighted by molar-refractivity contribution is 5.93. The summed E-state index contributed by atoms with van der Waals surface area (Å²) in [5.41, 5.74) is 0. The summed E-state index contributed by atoms with van der Waals surface area (Å²) in [5, 5.41) is 13.0. The first-order valence-corrected chi connectivity index (χ1v) is 6.71. The van der Waals surface area contributed by atoms with E-state index < -0.39 is 0 Å². The highest BCUT2D eigenvalue weighted by Crippen LogP contribution is 2.29. The van der Waals surface area contributed by atoms with E-state index in [9.17, 15) is 9.59 Å². The van der Waals surface area contributed by atoms with Gasteiger partial charge in [0, 0.05) is 5.92 Å². The van der Waals surface area contributed by atoms with E-state index in [2.05, 4.69) is 20.9 Å². The second-order valence-electron chi connectivity index (χ2n) is 4.92. The fourth-order valence-electron chi connectivity index (χ4n) is 1.81. The second kappa shape index (κ2) is 5.78. The fraction of sp³-hybridized carbons (Fsp3) is 0.385.